The van der Waals surface area contributed by atoms with Crippen LogP contribution in [-0.4, -0.2) is 24.1 Å². The Bertz CT molecular complexity index is 1650. The molecule has 36 heavy (non-hydrogen) atoms. The highest BCUT2D eigenvalue weighted by Crippen LogP contribution is 2.25. The van der Waals surface area contributed by atoms with Crippen LogP contribution in [0.1, 0.15) is 22.5 Å². The molecule has 0 spiro atoms. The van der Waals surface area contributed by atoms with Gasteiger partial charge in [-0.1, -0.05) is 17.7 Å². The molecule has 0 aliphatic heterocycles. The van der Waals surface area contributed by atoms with E-state index in [1.807, 2.05) is 48.9 Å². The minimum atomic E-state index is -0.447. The van der Waals surface area contributed by atoms with Crippen molar-refractivity contribution in [2.24, 2.45) is 0 Å². The monoisotopic (exact) mass is 481 g/mol. The van der Waals surface area contributed by atoms with E-state index in [0.29, 0.717) is 28.3 Å². The Hall–Kier alpha value is -4.79. The summed E-state index contributed by atoms with van der Waals surface area (Å²) in [5.74, 6) is 0.434. The molecule has 180 valence electrons. The van der Waals surface area contributed by atoms with Crippen molar-refractivity contribution in [3.63, 3.8) is 0 Å². The maximum Gasteiger partial charge on any atom is 0.269 e. The van der Waals surface area contributed by atoms with Crippen molar-refractivity contribution in [3.05, 3.63) is 116 Å². The maximum atomic E-state index is 13.5. The quantitative estimate of drug-likeness (QED) is 0.251. The zero-order valence-electron chi connectivity index (χ0n) is 20.0. The van der Waals surface area contributed by atoms with Gasteiger partial charge in [0, 0.05) is 24.0 Å². The molecule has 0 N–H and O–H groups in total. The van der Waals surface area contributed by atoms with Crippen LogP contribution in [-0.2, 0) is 6.61 Å². The molecule has 0 bridgehead atoms. The largest absolute Gasteiger partial charge is 0.485 e. The maximum absolute atomic E-state index is 13.5. The van der Waals surface area contributed by atoms with Gasteiger partial charge in [0.2, 0.25) is 0 Å². The fraction of sp³-hybridized carbons (Fsp3) is 0.148. The molecule has 0 radical (unpaired) electrons. The molecule has 3 aromatic heterocycles. The summed E-state index contributed by atoms with van der Waals surface area (Å²) >= 11 is 0. The molecule has 0 saturated heterocycles. The van der Waals surface area contributed by atoms with Gasteiger partial charge >= 0.3 is 0 Å². The lowest BCUT2D eigenvalue weighted by atomic mass is 10.1. The number of aryl methyl sites for hydroxylation is 3. The van der Waals surface area contributed by atoms with Crippen LogP contribution in [0.2, 0.25) is 0 Å². The SMILES string of the molecule is Cc1ccc(-n2nc(-c3c(C)nc4c(OCc5ccc([N+](=O)[O-])cc5)cccn4c3=O)cc2C)cc1. The molecular weight excluding hydrogens is 458 g/mol. The van der Waals surface area contributed by atoms with Crippen molar-refractivity contribution in [2.45, 2.75) is 27.4 Å². The number of hydrogen-bond donors (Lipinski definition) is 0. The molecule has 3 heterocycles. The van der Waals surface area contributed by atoms with Crippen LogP contribution < -0.4 is 10.3 Å². The summed E-state index contributed by atoms with van der Waals surface area (Å²) in [6, 6.07) is 19.5. The number of nitro groups is 1. The summed E-state index contributed by atoms with van der Waals surface area (Å²) in [6.07, 6.45) is 1.65. The number of nitrogens with zero attached hydrogens (tertiary/aromatic N) is 5. The van der Waals surface area contributed by atoms with Gasteiger partial charge in [-0.25, -0.2) is 9.67 Å². The fourth-order valence-electron chi connectivity index (χ4n) is 4.07. The summed E-state index contributed by atoms with van der Waals surface area (Å²) in [7, 11) is 0. The molecular formula is C27H23N5O4. The first-order valence-corrected chi connectivity index (χ1v) is 11.3. The zero-order valence-corrected chi connectivity index (χ0v) is 20.0. The Morgan fingerprint density at radius 1 is 1.00 bits per heavy atom. The number of non-ortho nitro benzene ring substituents is 1. The fourth-order valence-corrected chi connectivity index (χ4v) is 4.07. The number of ether oxygens (including phenoxy) is 1. The van der Waals surface area contributed by atoms with E-state index in [-0.39, 0.29) is 17.9 Å². The summed E-state index contributed by atoms with van der Waals surface area (Å²) in [4.78, 5) is 28.6. The second-order valence-electron chi connectivity index (χ2n) is 8.57. The molecule has 0 atom stereocenters. The van der Waals surface area contributed by atoms with Crippen molar-refractivity contribution >= 4 is 11.3 Å². The summed E-state index contributed by atoms with van der Waals surface area (Å²) in [5, 5.41) is 15.6. The van der Waals surface area contributed by atoms with Gasteiger partial charge < -0.3 is 4.74 Å². The van der Waals surface area contributed by atoms with E-state index in [1.165, 1.54) is 16.5 Å². The summed E-state index contributed by atoms with van der Waals surface area (Å²) in [5.41, 5.74) is 5.41. The Kier molecular flexibility index (Phi) is 5.81. The standard InChI is InChI=1S/C27H23N5O4/c1-17-6-10-21(11-7-17)31-18(2)15-23(29-31)25-19(3)28-26-24(5-4-14-30(26)27(25)33)36-16-20-8-12-22(13-9-20)32(34)35/h4-15H,16H2,1-3H3. The number of nitro benzene ring substituents is 1. The van der Waals surface area contributed by atoms with Crippen molar-refractivity contribution < 1.29 is 9.66 Å². The van der Waals surface area contributed by atoms with E-state index in [1.54, 1.807) is 37.4 Å². The second kappa shape index (κ2) is 9.10. The predicted molar refractivity (Wildman–Crippen MR) is 136 cm³/mol. The average molecular weight is 482 g/mol. The molecule has 9 heteroatoms. The molecule has 5 aromatic rings. The Balaban J connectivity index is 1.50. The van der Waals surface area contributed by atoms with Crippen LogP contribution in [0.5, 0.6) is 5.75 Å². The van der Waals surface area contributed by atoms with Crippen LogP contribution in [0.4, 0.5) is 5.69 Å². The number of fused-ring (bicyclic) bond motifs is 1. The molecule has 2 aromatic carbocycles. The third kappa shape index (κ3) is 4.22. The third-order valence-electron chi connectivity index (χ3n) is 5.96. The Labute approximate surface area is 206 Å². The lowest BCUT2D eigenvalue weighted by Gasteiger charge is -2.11. The highest BCUT2D eigenvalue weighted by molar-refractivity contribution is 5.65. The molecule has 0 amide bonds. The van der Waals surface area contributed by atoms with E-state index in [4.69, 9.17) is 9.84 Å². The van der Waals surface area contributed by atoms with E-state index in [0.717, 1.165) is 22.5 Å². The van der Waals surface area contributed by atoms with Crippen molar-refractivity contribution in [3.8, 4) is 22.7 Å². The molecule has 9 nitrogen and oxygen atoms in total. The van der Waals surface area contributed by atoms with Gasteiger partial charge in [0.05, 0.1) is 21.9 Å². The Morgan fingerprint density at radius 2 is 1.72 bits per heavy atom. The highest BCUT2D eigenvalue weighted by atomic mass is 16.6. The van der Waals surface area contributed by atoms with Gasteiger partial charge in [-0.2, -0.15) is 5.10 Å². The molecule has 0 unspecified atom stereocenters. The van der Waals surface area contributed by atoms with E-state index in [9.17, 15) is 14.9 Å². The van der Waals surface area contributed by atoms with Crippen molar-refractivity contribution in [1.82, 2.24) is 19.2 Å². The van der Waals surface area contributed by atoms with Gasteiger partial charge in [-0.05, 0) is 68.8 Å². The number of pyridine rings is 1. The predicted octanol–water partition coefficient (Wildman–Crippen LogP) is 4.96. The minimum absolute atomic E-state index is 0.0142. The van der Waals surface area contributed by atoms with Gasteiger partial charge in [0.25, 0.3) is 11.2 Å². The number of rotatable bonds is 6. The van der Waals surface area contributed by atoms with Crippen molar-refractivity contribution in [2.75, 3.05) is 0 Å². The minimum Gasteiger partial charge on any atom is -0.485 e. The van der Waals surface area contributed by atoms with Gasteiger partial charge in [-0.15, -0.1) is 0 Å². The summed E-state index contributed by atoms with van der Waals surface area (Å²) in [6.45, 7) is 5.93. The zero-order chi connectivity index (χ0) is 25.4. The molecule has 0 aliphatic rings. The molecule has 0 saturated carbocycles. The van der Waals surface area contributed by atoms with Gasteiger partial charge in [-0.3, -0.25) is 19.3 Å². The van der Waals surface area contributed by atoms with Crippen molar-refractivity contribution in [1.29, 1.82) is 0 Å². The summed E-state index contributed by atoms with van der Waals surface area (Å²) < 4.78 is 9.20. The first-order chi connectivity index (χ1) is 17.3. The van der Waals surface area contributed by atoms with Crippen LogP contribution >= 0.6 is 0 Å². The lowest BCUT2D eigenvalue weighted by Crippen LogP contribution is -2.19. The Morgan fingerprint density at radius 3 is 2.42 bits per heavy atom. The van der Waals surface area contributed by atoms with Gasteiger partial charge in [0.1, 0.15) is 12.3 Å². The van der Waals surface area contributed by atoms with Gasteiger partial charge in [0.15, 0.2) is 11.4 Å². The van der Waals surface area contributed by atoms with Crippen LogP contribution in [0.3, 0.4) is 0 Å². The number of hydrogen-bond acceptors (Lipinski definition) is 6. The van der Waals surface area contributed by atoms with Crippen LogP contribution in [0.15, 0.2) is 77.7 Å². The first-order valence-electron chi connectivity index (χ1n) is 11.3. The smallest absolute Gasteiger partial charge is 0.269 e. The highest BCUT2D eigenvalue weighted by Gasteiger charge is 2.18. The number of aromatic nitrogens is 4. The topological polar surface area (TPSA) is 105 Å². The third-order valence-corrected chi connectivity index (χ3v) is 5.96. The van der Waals surface area contributed by atoms with Crippen LogP contribution in [0.25, 0.3) is 22.6 Å². The van der Waals surface area contributed by atoms with E-state index < -0.39 is 4.92 Å². The molecule has 5 rings (SSSR count). The van der Waals surface area contributed by atoms with E-state index >= 15 is 0 Å². The molecule has 0 aliphatic carbocycles. The lowest BCUT2D eigenvalue weighted by molar-refractivity contribution is -0.384. The number of benzene rings is 2. The first kappa shape index (κ1) is 23.0. The van der Waals surface area contributed by atoms with E-state index in [2.05, 4.69) is 4.98 Å². The second-order valence-corrected chi connectivity index (χ2v) is 8.57. The van der Waals surface area contributed by atoms with Crippen LogP contribution in [0, 0.1) is 30.9 Å². The average Bonchev–Trinajstić information content (AvgIpc) is 3.24. The normalized spacial score (nSPS) is 11.1. The molecule has 0 fully saturated rings.